The molecule has 0 amide bonds. The molecule has 1 aromatic heterocycles. The molecule has 1 saturated heterocycles. The number of aromatic carboxylic acids is 1. The maximum atomic E-state index is 12.4. The lowest BCUT2D eigenvalue weighted by atomic mass is 10.2. The second-order valence-electron chi connectivity index (χ2n) is 4.39. The highest BCUT2D eigenvalue weighted by Gasteiger charge is 2.29. The number of piperidine rings is 1. The van der Waals surface area contributed by atoms with Gasteiger partial charge in [-0.15, -0.1) is 0 Å². The summed E-state index contributed by atoms with van der Waals surface area (Å²) in [5.74, 6) is -1.13. The van der Waals surface area contributed by atoms with E-state index in [2.05, 4.69) is 0 Å². The van der Waals surface area contributed by atoms with Gasteiger partial charge in [0.1, 0.15) is 5.69 Å². The van der Waals surface area contributed by atoms with Crippen LogP contribution in [0.4, 0.5) is 0 Å². The molecule has 2 rings (SSSR count). The highest BCUT2D eigenvalue weighted by atomic mass is 32.2. The molecule has 1 aromatic rings. The van der Waals surface area contributed by atoms with Crippen LogP contribution in [0.1, 0.15) is 29.8 Å². The third-order valence-electron chi connectivity index (χ3n) is 3.21. The zero-order valence-corrected chi connectivity index (χ0v) is 11.0. The predicted octanol–water partition coefficient (Wildman–Crippen LogP) is 0.898. The average molecular weight is 272 g/mol. The Labute approximate surface area is 106 Å². The third-order valence-corrected chi connectivity index (χ3v) is 5.20. The van der Waals surface area contributed by atoms with E-state index in [1.807, 2.05) is 0 Å². The fraction of sp³-hybridized carbons (Fsp3) is 0.545. The van der Waals surface area contributed by atoms with Crippen LogP contribution < -0.4 is 0 Å². The molecule has 0 unspecified atom stereocenters. The van der Waals surface area contributed by atoms with Crippen molar-refractivity contribution in [1.82, 2.24) is 8.87 Å². The smallest absolute Gasteiger partial charge is 0.352 e. The summed E-state index contributed by atoms with van der Waals surface area (Å²) in [7, 11) is -2.11. The maximum absolute atomic E-state index is 12.4. The number of rotatable bonds is 3. The van der Waals surface area contributed by atoms with E-state index in [0.717, 1.165) is 19.3 Å². The molecule has 2 heterocycles. The summed E-state index contributed by atoms with van der Waals surface area (Å²) in [6, 6.07) is 2.67. The fourth-order valence-corrected chi connectivity index (χ4v) is 3.89. The lowest BCUT2D eigenvalue weighted by Crippen LogP contribution is -2.36. The zero-order chi connectivity index (χ0) is 13.3. The summed E-state index contributed by atoms with van der Waals surface area (Å²) >= 11 is 0. The summed E-state index contributed by atoms with van der Waals surface area (Å²) < 4.78 is 27.4. The Morgan fingerprint density at radius 3 is 2.33 bits per heavy atom. The summed E-state index contributed by atoms with van der Waals surface area (Å²) in [5, 5.41) is 8.97. The molecule has 7 heteroatoms. The summed E-state index contributed by atoms with van der Waals surface area (Å²) in [6.45, 7) is 1.02. The standard InChI is InChI=1S/C11H16N2O4S/c1-12-9(11(14)15)5-6-10(12)18(16,17)13-7-3-2-4-8-13/h5-6H,2-4,7-8H2,1H3,(H,14,15). The lowest BCUT2D eigenvalue weighted by molar-refractivity contribution is 0.0685. The molecule has 100 valence electrons. The topological polar surface area (TPSA) is 79.6 Å². The van der Waals surface area contributed by atoms with Gasteiger partial charge in [0.25, 0.3) is 10.0 Å². The first-order valence-electron chi connectivity index (χ1n) is 5.84. The van der Waals surface area contributed by atoms with Crippen molar-refractivity contribution in [3.63, 3.8) is 0 Å². The zero-order valence-electron chi connectivity index (χ0n) is 10.2. The number of carbonyl (C=O) groups is 1. The molecule has 1 N–H and O–H groups in total. The Balaban J connectivity index is 2.38. The van der Waals surface area contributed by atoms with Crippen LogP contribution in [0.25, 0.3) is 0 Å². The van der Waals surface area contributed by atoms with Crippen LogP contribution in [-0.4, -0.2) is 41.5 Å². The summed E-state index contributed by atoms with van der Waals surface area (Å²) in [6.07, 6.45) is 2.75. The number of carboxylic acid groups (broad SMARTS) is 1. The fourth-order valence-electron chi connectivity index (χ4n) is 2.20. The Morgan fingerprint density at radius 1 is 1.22 bits per heavy atom. The highest BCUT2D eigenvalue weighted by molar-refractivity contribution is 7.89. The molecule has 1 aliphatic rings. The minimum Gasteiger partial charge on any atom is -0.477 e. The van der Waals surface area contributed by atoms with E-state index in [9.17, 15) is 13.2 Å². The van der Waals surface area contributed by atoms with Gasteiger partial charge in [0.2, 0.25) is 0 Å². The van der Waals surface area contributed by atoms with E-state index < -0.39 is 16.0 Å². The Bertz CT molecular complexity index is 556. The molecular formula is C11H16N2O4S. The van der Waals surface area contributed by atoms with Crippen LogP contribution in [0.2, 0.25) is 0 Å². The molecule has 18 heavy (non-hydrogen) atoms. The van der Waals surface area contributed by atoms with Crippen LogP contribution >= 0.6 is 0 Å². The van der Waals surface area contributed by atoms with Gasteiger partial charge in [-0.2, -0.15) is 4.31 Å². The van der Waals surface area contributed by atoms with Gasteiger partial charge in [-0.25, -0.2) is 13.2 Å². The van der Waals surface area contributed by atoms with Crippen molar-refractivity contribution in [3.8, 4) is 0 Å². The molecular weight excluding hydrogens is 256 g/mol. The quantitative estimate of drug-likeness (QED) is 0.886. The number of carboxylic acids is 1. The SMILES string of the molecule is Cn1c(C(=O)O)ccc1S(=O)(=O)N1CCCCC1. The molecule has 1 fully saturated rings. The molecule has 0 radical (unpaired) electrons. The Morgan fingerprint density at radius 2 is 1.83 bits per heavy atom. The van der Waals surface area contributed by atoms with Gasteiger partial charge in [0, 0.05) is 20.1 Å². The number of aromatic nitrogens is 1. The van der Waals surface area contributed by atoms with Crippen molar-refractivity contribution in [1.29, 1.82) is 0 Å². The van der Waals surface area contributed by atoms with Gasteiger partial charge in [0.05, 0.1) is 0 Å². The third kappa shape index (κ3) is 2.15. The van der Waals surface area contributed by atoms with E-state index in [0.29, 0.717) is 13.1 Å². The number of sulfonamides is 1. The normalized spacial score (nSPS) is 17.8. The van der Waals surface area contributed by atoms with Gasteiger partial charge < -0.3 is 9.67 Å². The first-order chi connectivity index (χ1) is 8.44. The van der Waals surface area contributed by atoms with Crippen LogP contribution in [0, 0.1) is 0 Å². The van der Waals surface area contributed by atoms with Crippen LogP contribution in [0.15, 0.2) is 17.2 Å². The minimum absolute atomic E-state index is 0.0226. The largest absolute Gasteiger partial charge is 0.477 e. The molecule has 0 aliphatic carbocycles. The molecule has 0 bridgehead atoms. The molecule has 0 saturated carbocycles. The van der Waals surface area contributed by atoms with E-state index in [1.165, 1.54) is 28.1 Å². The average Bonchev–Trinajstić information content (AvgIpc) is 2.73. The molecule has 1 aliphatic heterocycles. The van der Waals surface area contributed by atoms with E-state index in [4.69, 9.17) is 5.11 Å². The molecule has 0 aromatic carbocycles. The number of hydrogen-bond acceptors (Lipinski definition) is 3. The van der Waals surface area contributed by atoms with Crippen LogP contribution in [0.3, 0.4) is 0 Å². The van der Waals surface area contributed by atoms with Crippen LogP contribution in [0.5, 0.6) is 0 Å². The van der Waals surface area contributed by atoms with Gasteiger partial charge in [0.15, 0.2) is 5.03 Å². The van der Waals surface area contributed by atoms with Gasteiger partial charge in [-0.05, 0) is 25.0 Å². The Kier molecular flexibility index (Phi) is 3.45. The van der Waals surface area contributed by atoms with E-state index in [1.54, 1.807) is 0 Å². The van der Waals surface area contributed by atoms with Gasteiger partial charge in [-0.3, -0.25) is 0 Å². The van der Waals surface area contributed by atoms with Crippen LogP contribution in [-0.2, 0) is 17.1 Å². The summed E-state index contributed by atoms with van der Waals surface area (Å²) in [5.41, 5.74) is -0.0226. The first-order valence-corrected chi connectivity index (χ1v) is 7.28. The van der Waals surface area contributed by atoms with Crippen molar-refractivity contribution in [3.05, 3.63) is 17.8 Å². The predicted molar refractivity (Wildman–Crippen MR) is 65.0 cm³/mol. The second kappa shape index (κ2) is 4.74. The van der Waals surface area contributed by atoms with Crippen molar-refractivity contribution in [2.75, 3.05) is 13.1 Å². The minimum atomic E-state index is -3.57. The number of nitrogens with zero attached hydrogens (tertiary/aromatic N) is 2. The number of hydrogen-bond donors (Lipinski definition) is 1. The molecule has 6 nitrogen and oxygen atoms in total. The van der Waals surface area contributed by atoms with E-state index >= 15 is 0 Å². The monoisotopic (exact) mass is 272 g/mol. The maximum Gasteiger partial charge on any atom is 0.352 e. The molecule has 0 atom stereocenters. The summed E-state index contributed by atoms with van der Waals surface area (Å²) in [4.78, 5) is 10.9. The van der Waals surface area contributed by atoms with Crippen molar-refractivity contribution in [2.45, 2.75) is 24.3 Å². The van der Waals surface area contributed by atoms with Crippen molar-refractivity contribution < 1.29 is 18.3 Å². The lowest BCUT2D eigenvalue weighted by Gasteiger charge is -2.25. The van der Waals surface area contributed by atoms with Crippen molar-refractivity contribution in [2.24, 2.45) is 7.05 Å². The molecule has 0 spiro atoms. The highest BCUT2D eigenvalue weighted by Crippen LogP contribution is 2.21. The van der Waals surface area contributed by atoms with Crippen molar-refractivity contribution >= 4 is 16.0 Å². The second-order valence-corrected chi connectivity index (χ2v) is 6.27. The van der Waals surface area contributed by atoms with E-state index in [-0.39, 0.29) is 10.7 Å². The van der Waals surface area contributed by atoms with Gasteiger partial charge in [-0.1, -0.05) is 6.42 Å². The Hall–Kier alpha value is -1.34. The van der Waals surface area contributed by atoms with Gasteiger partial charge >= 0.3 is 5.97 Å². The first kappa shape index (κ1) is 13.1.